The van der Waals surface area contributed by atoms with E-state index in [4.69, 9.17) is 0 Å². The highest BCUT2D eigenvalue weighted by atomic mass is 79.9. The average Bonchev–Trinajstić information content (AvgIpc) is 2.07. The van der Waals surface area contributed by atoms with Crippen molar-refractivity contribution in [1.82, 2.24) is 0 Å². The van der Waals surface area contributed by atoms with Crippen LogP contribution in [0.4, 0.5) is 5.69 Å². The van der Waals surface area contributed by atoms with Gasteiger partial charge in [-0.3, -0.25) is 0 Å². The number of benzene rings is 1. The molecule has 0 spiro atoms. The zero-order valence-corrected chi connectivity index (χ0v) is 9.98. The maximum absolute atomic E-state index is 3.48. The van der Waals surface area contributed by atoms with E-state index in [0.29, 0.717) is 5.92 Å². The fourth-order valence-corrected chi connectivity index (χ4v) is 1.32. The van der Waals surface area contributed by atoms with Gasteiger partial charge in [-0.05, 0) is 36.6 Å². The third-order valence-corrected chi connectivity index (χ3v) is 2.76. The third-order valence-electron chi connectivity index (χ3n) is 1.87. The van der Waals surface area contributed by atoms with Crippen molar-refractivity contribution in [3.8, 4) is 0 Å². The molecule has 0 heterocycles. The number of rotatable bonds is 3. The van der Waals surface area contributed by atoms with E-state index in [-0.39, 0.29) is 0 Å². The van der Waals surface area contributed by atoms with Crippen molar-refractivity contribution in [3.05, 3.63) is 28.2 Å². The van der Waals surface area contributed by atoms with E-state index < -0.39 is 0 Å². The first-order valence-corrected chi connectivity index (χ1v) is 5.39. The standard InChI is InChI=1S/C11H16BrN/c1-8(2)7-13-10-4-5-11(12)9(3)6-10/h4-6,8,13H,7H2,1-3H3. The van der Waals surface area contributed by atoms with Gasteiger partial charge in [0.1, 0.15) is 0 Å². The minimum atomic E-state index is 0.684. The molecule has 0 atom stereocenters. The zero-order chi connectivity index (χ0) is 9.84. The smallest absolute Gasteiger partial charge is 0.0343 e. The van der Waals surface area contributed by atoms with Crippen LogP contribution in [0.5, 0.6) is 0 Å². The maximum Gasteiger partial charge on any atom is 0.0343 e. The molecule has 0 aliphatic carbocycles. The summed E-state index contributed by atoms with van der Waals surface area (Å²) in [5, 5.41) is 3.39. The summed E-state index contributed by atoms with van der Waals surface area (Å²) in [6.07, 6.45) is 0. The Morgan fingerprint density at radius 2 is 2.08 bits per heavy atom. The van der Waals surface area contributed by atoms with E-state index in [2.05, 4.69) is 60.2 Å². The first kappa shape index (κ1) is 10.6. The molecule has 1 N–H and O–H groups in total. The SMILES string of the molecule is Cc1cc(NCC(C)C)ccc1Br. The van der Waals surface area contributed by atoms with E-state index >= 15 is 0 Å². The molecule has 0 radical (unpaired) electrons. The topological polar surface area (TPSA) is 12.0 Å². The Bertz CT molecular complexity index is 281. The van der Waals surface area contributed by atoms with Gasteiger partial charge >= 0.3 is 0 Å². The largest absolute Gasteiger partial charge is 0.385 e. The number of anilines is 1. The fourth-order valence-electron chi connectivity index (χ4n) is 1.08. The predicted octanol–water partition coefficient (Wildman–Crippen LogP) is 3.83. The minimum absolute atomic E-state index is 0.684. The molecule has 13 heavy (non-hydrogen) atoms. The molecular weight excluding hydrogens is 226 g/mol. The summed E-state index contributed by atoms with van der Waals surface area (Å²) in [5.74, 6) is 0.684. The summed E-state index contributed by atoms with van der Waals surface area (Å²) in [7, 11) is 0. The molecule has 1 aromatic carbocycles. The number of hydrogen-bond donors (Lipinski definition) is 1. The number of halogens is 1. The van der Waals surface area contributed by atoms with Crippen LogP contribution in [-0.2, 0) is 0 Å². The molecule has 0 saturated carbocycles. The lowest BCUT2D eigenvalue weighted by Gasteiger charge is -2.09. The van der Waals surface area contributed by atoms with Gasteiger partial charge in [0.2, 0.25) is 0 Å². The van der Waals surface area contributed by atoms with Crippen molar-refractivity contribution >= 4 is 21.6 Å². The van der Waals surface area contributed by atoms with Crippen LogP contribution in [-0.4, -0.2) is 6.54 Å². The molecule has 2 heteroatoms. The van der Waals surface area contributed by atoms with Gasteiger partial charge in [-0.15, -0.1) is 0 Å². The number of hydrogen-bond acceptors (Lipinski definition) is 1. The molecule has 0 unspecified atom stereocenters. The Labute approximate surface area is 88.7 Å². The first-order chi connectivity index (χ1) is 6.09. The van der Waals surface area contributed by atoms with Gasteiger partial charge in [-0.1, -0.05) is 29.8 Å². The Hall–Kier alpha value is -0.500. The van der Waals surface area contributed by atoms with Gasteiger partial charge in [0, 0.05) is 16.7 Å². The Morgan fingerprint density at radius 1 is 1.38 bits per heavy atom. The van der Waals surface area contributed by atoms with Gasteiger partial charge in [0.05, 0.1) is 0 Å². The summed E-state index contributed by atoms with van der Waals surface area (Å²) in [6, 6.07) is 6.34. The second-order valence-electron chi connectivity index (χ2n) is 3.74. The van der Waals surface area contributed by atoms with Crippen molar-refractivity contribution in [3.63, 3.8) is 0 Å². The summed E-state index contributed by atoms with van der Waals surface area (Å²) in [6.45, 7) is 7.54. The highest BCUT2D eigenvalue weighted by Crippen LogP contribution is 2.19. The van der Waals surface area contributed by atoms with Gasteiger partial charge in [0.15, 0.2) is 0 Å². The Balaban J connectivity index is 2.63. The number of nitrogens with one attached hydrogen (secondary N) is 1. The lowest BCUT2D eigenvalue weighted by molar-refractivity contribution is 0.689. The highest BCUT2D eigenvalue weighted by molar-refractivity contribution is 9.10. The van der Waals surface area contributed by atoms with E-state index in [1.807, 2.05) is 0 Å². The monoisotopic (exact) mass is 241 g/mol. The molecule has 0 aromatic heterocycles. The van der Waals surface area contributed by atoms with E-state index in [1.54, 1.807) is 0 Å². The van der Waals surface area contributed by atoms with Crippen LogP contribution in [0.2, 0.25) is 0 Å². The molecule has 0 aliphatic rings. The Morgan fingerprint density at radius 3 is 2.62 bits per heavy atom. The van der Waals surface area contributed by atoms with Crippen molar-refractivity contribution < 1.29 is 0 Å². The molecule has 0 bridgehead atoms. The highest BCUT2D eigenvalue weighted by Gasteiger charge is 1.97. The van der Waals surface area contributed by atoms with Gasteiger partial charge in [-0.2, -0.15) is 0 Å². The van der Waals surface area contributed by atoms with Gasteiger partial charge in [0.25, 0.3) is 0 Å². The van der Waals surface area contributed by atoms with Crippen LogP contribution in [0.15, 0.2) is 22.7 Å². The summed E-state index contributed by atoms with van der Waals surface area (Å²) >= 11 is 3.48. The molecule has 1 rings (SSSR count). The van der Waals surface area contributed by atoms with Crippen LogP contribution < -0.4 is 5.32 Å². The quantitative estimate of drug-likeness (QED) is 0.849. The van der Waals surface area contributed by atoms with E-state index in [9.17, 15) is 0 Å². The molecular formula is C11H16BrN. The average molecular weight is 242 g/mol. The first-order valence-electron chi connectivity index (χ1n) is 4.59. The van der Waals surface area contributed by atoms with Crippen LogP contribution in [0, 0.1) is 12.8 Å². The minimum Gasteiger partial charge on any atom is -0.385 e. The van der Waals surface area contributed by atoms with Crippen molar-refractivity contribution in [2.24, 2.45) is 5.92 Å². The molecule has 0 aliphatic heterocycles. The molecule has 0 fully saturated rings. The predicted molar refractivity (Wildman–Crippen MR) is 62.2 cm³/mol. The molecule has 0 saturated heterocycles. The lowest BCUT2D eigenvalue weighted by atomic mass is 10.2. The fraction of sp³-hybridized carbons (Fsp3) is 0.455. The third kappa shape index (κ3) is 3.39. The van der Waals surface area contributed by atoms with Crippen molar-refractivity contribution in [2.45, 2.75) is 20.8 Å². The summed E-state index contributed by atoms with van der Waals surface area (Å²) in [4.78, 5) is 0. The lowest BCUT2D eigenvalue weighted by Crippen LogP contribution is -2.07. The number of aryl methyl sites for hydroxylation is 1. The normalized spacial score (nSPS) is 10.5. The second kappa shape index (κ2) is 4.66. The van der Waals surface area contributed by atoms with Gasteiger partial charge in [-0.25, -0.2) is 0 Å². The van der Waals surface area contributed by atoms with Crippen molar-refractivity contribution in [2.75, 3.05) is 11.9 Å². The van der Waals surface area contributed by atoms with E-state index in [1.165, 1.54) is 15.7 Å². The molecule has 1 aromatic rings. The summed E-state index contributed by atoms with van der Waals surface area (Å²) < 4.78 is 1.17. The molecule has 1 nitrogen and oxygen atoms in total. The van der Waals surface area contributed by atoms with Gasteiger partial charge < -0.3 is 5.32 Å². The maximum atomic E-state index is 3.48. The zero-order valence-electron chi connectivity index (χ0n) is 8.39. The van der Waals surface area contributed by atoms with Crippen molar-refractivity contribution in [1.29, 1.82) is 0 Å². The second-order valence-corrected chi connectivity index (χ2v) is 4.59. The van der Waals surface area contributed by atoms with Crippen LogP contribution in [0.3, 0.4) is 0 Å². The van der Waals surface area contributed by atoms with Crippen LogP contribution >= 0.6 is 15.9 Å². The summed E-state index contributed by atoms with van der Waals surface area (Å²) in [5.41, 5.74) is 2.48. The van der Waals surface area contributed by atoms with Crippen LogP contribution in [0.1, 0.15) is 19.4 Å². The Kier molecular flexibility index (Phi) is 3.79. The molecule has 0 amide bonds. The molecule has 72 valence electrons. The van der Waals surface area contributed by atoms with Crippen LogP contribution in [0.25, 0.3) is 0 Å². The van der Waals surface area contributed by atoms with E-state index in [0.717, 1.165) is 6.54 Å².